The molecular weight excluding hydrogens is 570 g/mol. The van der Waals surface area contributed by atoms with Crippen LogP contribution >= 0.6 is 11.3 Å². The zero-order chi connectivity index (χ0) is 31.8. The number of nitrogens with zero attached hydrogens (tertiary/aromatic N) is 2. The van der Waals surface area contributed by atoms with Gasteiger partial charge in [0.1, 0.15) is 11.6 Å². The van der Waals surface area contributed by atoms with Crippen molar-refractivity contribution in [2.45, 2.75) is 85.2 Å². The highest BCUT2D eigenvalue weighted by Gasteiger charge is 2.43. The number of aromatic nitrogens is 1. The number of aliphatic hydroxyl groups excluding tert-OH is 1. The van der Waals surface area contributed by atoms with Gasteiger partial charge in [0.2, 0.25) is 11.8 Å². The van der Waals surface area contributed by atoms with Crippen LogP contribution in [0.2, 0.25) is 0 Å². The number of amides is 3. The molecule has 3 amide bonds. The van der Waals surface area contributed by atoms with Crippen molar-refractivity contribution in [2.75, 3.05) is 32.8 Å². The summed E-state index contributed by atoms with van der Waals surface area (Å²) in [6, 6.07) is 6.60. The zero-order valence-electron chi connectivity index (χ0n) is 26.4. The van der Waals surface area contributed by atoms with Gasteiger partial charge < -0.3 is 35.4 Å². The van der Waals surface area contributed by atoms with E-state index in [1.54, 1.807) is 32.1 Å². The van der Waals surface area contributed by atoms with Crippen LogP contribution in [0.5, 0.6) is 0 Å². The van der Waals surface area contributed by atoms with Crippen LogP contribution in [0.15, 0.2) is 29.8 Å². The Kier molecular flexibility index (Phi) is 12.1. The lowest BCUT2D eigenvalue weighted by Gasteiger charge is -2.35. The van der Waals surface area contributed by atoms with E-state index in [4.69, 9.17) is 9.47 Å². The lowest BCUT2D eigenvalue weighted by molar-refractivity contribution is -0.142. The highest BCUT2D eigenvalue weighted by Crippen LogP contribution is 2.28. The fraction of sp³-hybridized carbons (Fsp3) is 0.613. The van der Waals surface area contributed by atoms with Gasteiger partial charge in [-0.25, -0.2) is 9.78 Å². The Morgan fingerprint density at radius 1 is 1.07 bits per heavy atom. The molecule has 0 aliphatic carbocycles. The first-order valence-corrected chi connectivity index (χ1v) is 15.6. The van der Waals surface area contributed by atoms with E-state index in [1.165, 1.54) is 4.90 Å². The fourth-order valence-electron chi connectivity index (χ4n) is 4.81. The smallest absolute Gasteiger partial charge is 0.407 e. The molecule has 2 heterocycles. The molecule has 0 radical (unpaired) electrons. The van der Waals surface area contributed by atoms with Gasteiger partial charge in [-0.2, -0.15) is 0 Å². The van der Waals surface area contributed by atoms with Crippen LogP contribution in [0.25, 0.3) is 10.4 Å². The molecule has 0 bridgehead atoms. The number of thiazole rings is 1. The van der Waals surface area contributed by atoms with Crippen LogP contribution in [-0.4, -0.2) is 89.5 Å². The molecule has 3 atom stereocenters. The number of β-amino-alcohol motifs (C(OH)–C–C–N with tert-alkyl or cyclic N) is 1. The highest BCUT2D eigenvalue weighted by atomic mass is 32.1. The summed E-state index contributed by atoms with van der Waals surface area (Å²) < 4.78 is 10.8. The average molecular weight is 618 g/mol. The van der Waals surface area contributed by atoms with Crippen molar-refractivity contribution in [3.63, 3.8) is 0 Å². The third kappa shape index (κ3) is 10.6. The number of hydrogen-bond acceptors (Lipinski definition) is 9. The van der Waals surface area contributed by atoms with Crippen molar-refractivity contribution >= 4 is 29.2 Å². The first kappa shape index (κ1) is 34.4. The number of nitrogens with one attached hydrogen (secondary N) is 3. The maximum Gasteiger partial charge on any atom is 0.407 e. The van der Waals surface area contributed by atoms with Crippen LogP contribution in [0.3, 0.4) is 0 Å². The lowest BCUT2D eigenvalue weighted by Crippen LogP contribution is -2.57. The Morgan fingerprint density at radius 2 is 1.74 bits per heavy atom. The number of benzene rings is 1. The summed E-state index contributed by atoms with van der Waals surface area (Å²) in [6.45, 7) is 14.9. The lowest BCUT2D eigenvalue weighted by atomic mass is 9.85. The van der Waals surface area contributed by atoms with E-state index < -0.39 is 35.3 Å². The van der Waals surface area contributed by atoms with Crippen molar-refractivity contribution in [2.24, 2.45) is 5.41 Å². The number of carbonyl (C=O) groups is 3. The summed E-state index contributed by atoms with van der Waals surface area (Å²) >= 11 is 1.59. The molecule has 2 aromatic rings. The summed E-state index contributed by atoms with van der Waals surface area (Å²) in [5, 5.41) is 19.3. The number of hydrogen-bond donors (Lipinski definition) is 4. The van der Waals surface area contributed by atoms with Gasteiger partial charge in [0, 0.05) is 32.6 Å². The average Bonchev–Trinajstić information content (AvgIpc) is 3.52. The summed E-state index contributed by atoms with van der Waals surface area (Å²) in [4.78, 5) is 45.6. The van der Waals surface area contributed by atoms with Gasteiger partial charge in [-0.05, 0) is 44.2 Å². The molecule has 0 saturated carbocycles. The monoisotopic (exact) mass is 617 g/mol. The van der Waals surface area contributed by atoms with E-state index in [2.05, 4.69) is 20.9 Å². The van der Waals surface area contributed by atoms with Gasteiger partial charge in [-0.15, -0.1) is 11.3 Å². The standard InChI is InChI=1S/C31H47N5O6S/c1-20-25(43-19-35-20)22-10-8-21(9-11-22)17-34-27(38)24-16-23(37)18-36(24)28(39)26(30(2,3)4)32-12-14-41-15-13-33-29(40)42-31(5,6)7/h8-11,19,23-24,26,32,37H,12-18H2,1-7H3,(H,33,40)(H,34,38)/t23-,24+,26-/m1/s1. The number of ether oxygens (including phenoxy) is 2. The predicted octanol–water partition coefficient (Wildman–Crippen LogP) is 3.24. The van der Waals surface area contributed by atoms with E-state index in [-0.39, 0.29) is 24.8 Å². The molecule has 12 heteroatoms. The quantitative estimate of drug-likeness (QED) is 0.266. The minimum absolute atomic E-state index is 0.0981. The van der Waals surface area contributed by atoms with Gasteiger partial charge in [-0.1, -0.05) is 45.0 Å². The van der Waals surface area contributed by atoms with Crippen LogP contribution in [0.1, 0.15) is 59.2 Å². The van der Waals surface area contributed by atoms with E-state index in [0.29, 0.717) is 32.8 Å². The number of aliphatic hydroxyl groups is 1. The topological polar surface area (TPSA) is 142 Å². The largest absolute Gasteiger partial charge is 0.444 e. The zero-order valence-corrected chi connectivity index (χ0v) is 27.2. The Balaban J connectivity index is 1.50. The van der Waals surface area contributed by atoms with Crippen molar-refractivity contribution in [3.8, 4) is 10.4 Å². The van der Waals surface area contributed by atoms with Gasteiger partial charge in [0.15, 0.2) is 0 Å². The number of aryl methyl sites for hydroxylation is 1. The van der Waals surface area contributed by atoms with Crippen molar-refractivity contribution < 1.29 is 29.0 Å². The molecule has 43 heavy (non-hydrogen) atoms. The molecule has 1 aliphatic heterocycles. The summed E-state index contributed by atoms with van der Waals surface area (Å²) in [6.07, 6.45) is -1.09. The SMILES string of the molecule is Cc1ncsc1-c1ccc(CNC(=O)[C@@H]2C[C@@H](O)CN2C(=O)[C@@H](NCCOCCNC(=O)OC(C)(C)C)C(C)(C)C)cc1. The summed E-state index contributed by atoms with van der Waals surface area (Å²) in [7, 11) is 0. The maximum absolute atomic E-state index is 13.7. The van der Waals surface area contributed by atoms with Crippen LogP contribution < -0.4 is 16.0 Å². The Morgan fingerprint density at radius 3 is 2.35 bits per heavy atom. The maximum atomic E-state index is 13.7. The molecule has 1 saturated heterocycles. The Hall–Kier alpha value is -3.06. The molecule has 4 N–H and O–H groups in total. The van der Waals surface area contributed by atoms with Crippen molar-refractivity contribution in [1.82, 2.24) is 25.8 Å². The summed E-state index contributed by atoms with van der Waals surface area (Å²) in [5.74, 6) is -0.527. The minimum atomic E-state index is -0.775. The second-order valence-electron chi connectivity index (χ2n) is 12.9. The van der Waals surface area contributed by atoms with Gasteiger partial charge in [0.05, 0.1) is 41.4 Å². The highest BCUT2D eigenvalue weighted by molar-refractivity contribution is 7.13. The first-order valence-electron chi connectivity index (χ1n) is 14.7. The van der Waals surface area contributed by atoms with E-state index in [1.807, 2.05) is 57.5 Å². The Bertz CT molecular complexity index is 1220. The first-order chi connectivity index (χ1) is 20.2. The molecule has 3 rings (SSSR count). The number of likely N-dealkylation sites (tertiary alicyclic amines) is 1. The van der Waals surface area contributed by atoms with Gasteiger partial charge >= 0.3 is 6.09 Å². The van der Waals surface area contributed by atoms with E-state index in [0.717, 1.165) is 21.7 Å². The number of rotatable bonds is 12. The van der Waals surface area contributed by atoms with Crippen molar-refractivity contribution in [1.29, 1.82) is 0 Å². The molecule has 1 aliphatic rings. The number of carbonyl (C=O) groups excluding carboxylic acids is 3. The molecule has 238 valence electrons. The fourth-order valence-corrected chi connectivity index (χ4v) is 5.62. The normalized spacial score (nSPS) is 17.9. The minimum Gasteiger partial charge on any atom is -0.444 e. The third-order valence-electron chi connectivity index (χ3n) is 6.92. The molecular formula is C31H47N5O6S. The van der Waals surface area contributed by atoms with Gasteiger partial charge in [0.25, 0.3) is 0 Å². The van der Waals surface area contributed by atoms with Crippen LogP contribution in [0, 0.1) is 12.3 Å². The van der Waals surface area contributed by atoms with Gasteiger partial charge in [-0.3, -0.25) is 9.59 Å². The van der Waals surface area contributed by atoms with E-state index >= 15 is 0 Å². The number of alkyl carbamates (subject to hydrolysis) is 1. The van der Waals surface area contributed by atoms with Crippen LogP contribution in [0.4, 0.5) is 4.79 Å². The van der Waals surface area contributed by atoms with E-state index in [9.17, 15) is 19.5 Å². The molecule has 1 aromatic heterocycles. The second-order valence-corrected chi connectivity index (χ2v) is 13.7. The van der Waals surface area contributed by atoms with Crippen LogP contribution in [-0.2, 0) is 25.6 Å². The molecule has 0 unspecified atom stereocenters. The predicted molar refractivity (Wildman–Crippen MR) is 167 cm³/mol. The van der Waals surface area contributed by atoms with Crippen molar-refractivity contribution in [3.05, 3.63) is 41.0 Å². The molecule has 0 spiro atoms. The second kappa shape index (κ2) is 15.1. The summed E-state index contributed by atoms with van der Waals surface area (Å²) in [5.41, 5.74) is 3.80. The third-order valence-corrected chi connectivity index (χ3v) is 7.89. The molecule has 11 nitrogen and oxygen atoms in total. The molecule has 1 fully saturated rings. The molecule has 1 aromatic carbocycles. The Labute approximate surface area is 258 Å².